The van der Waals surface area contributed by atoms with Crippen LogP contribution in [0.2, 0.25) is 5.02 Å². The Hall–Kier alpha value is -1.94. The number of aromatic nitrogens is 2. The molecule has 0 aliphatic rings. The second-order valence-corrected chi connectivity index (χ2v) is 3.91. The predicted octanol–water partition coefficient (Wildman–Crippen LogP) is 3.06. The number of nitrogens with two attached hydrogens (primary N) is 1. The fourth-order valence-corrected chi connectivity index (χ4v) is 2.02. The number of fused-ring (bicyclic) bond motifs is 1. The molecule has 0 fully saturated rings. The Kier molecular flexibility index (Phi) is 1.91. The summed E-state index contributed by atoms with van der Waals surface area (Å²) < 4.78 is 4.83. The summed E-state index contributed by atoms with van der Waals surface area (Å²) in [6, 6.07) is 5.74. The van der Waals surface area contributed by atoms with Gasteiger partial charge in [0.1, 0.15) is 0 Å². The zero-order valence-electron chi connectivity index (χ0n) is 8.20. The lowest BCUT2D eigenvalue weighted by molar-refractivity contribution is 0.436. The molecule has 0 atom stereocenters. The Bertz CT molecular complexity index is 656. The number of aromatic amines is 1. The number of nitrogens with one attached hydrogen (secondary N) is 1. The number of anilines is 1. The fraction of sp³-hybridized carbons (Fsp3) is 0. The van der Waals surface area contributed by atoms with Gasteiger partial charge >= 0.3 is 0 Å². The molecule has 4 nitrogen and oxygen atoms in total. The molecule has 0 radical (unpaired) electrons. The van der Waals surface area contributed by atoms with Gasteiger partial charge in [0.25, 0.3) is 0 Å². The first-order valence-electron chi connectivity index (χ1n) is 4.73. The van der Waals surface area contributed by atoms with Crippen molar-refractivity contribution >= 4 is 28.4 Å². The van der Waals surface area contributed by atoms with Crippen molar-refractivity contribution in [3.8, 4) is 11.1 Å². The van der Waals surface area contributed by atoms with Gasteiger partial charge in [0, 0.05) is 17.1 Å². The fourth-order valence-electron chi connectivity index (χ4n) is 1.74. The van der Waals surface area contributed by atoms with Crippen LogP contribution < -0.4 is 5.73 Å². The van der Waals surface area contributed by atoms with E-state index in [0.29, 0.717) is 10.9 Å². The van der Waals surface area contributed by atoms with Crippen LogP contribution in [0.1, 0.15) is 0 Å². The van der Waals surface area contributed by atoms with Gasteiger partial charge in [0.05, 0.1) is 16.8 Å². The molecule has 0 aliphatic heterocycles. The molecule has 2 aromatic heterocycles. The van der Waals surface area contributed by atoms with Crippen molar-refractivity contribution in [1.82, 2.24) is 10.1 Å². The van der Waals surface area contributed by atoms with Crippen LogP contribution >= 0.6 is 11.6 Å². The number of rotatable bonds is 1. The zero-order valence-corrected chi connectivity index (χ0v) is 8.95. The Balaban J connectivity index is 2.29. The molecule has 1 aromatic carbocycles. The van der Waals surface area contributed by atoms with Crippen LogP contribution in [0.5, 0.6) is 0 Å². The van der Waals surface area contributed by atoms with Gasteiger partial charge in [0.2, 0.25) is 5.88 Å². The highest BCUT2D eigenvalue weighted by Gasteiger charge is 2.10. The van der Waals surface area contributed by atoms with Gasteiger partial charge in [-0.25, -0.2) is 0 Å². The minimum Gasteiger partial charge on any atom is -0.367 e. The summed E-state index contributed by atoms with van der Waals surface area (Å²) in [4.78, 5) is 3.11. The number of nitrogens with zero attached hydrogens (tertiary/aromatic N) is 1. The van der Waals surface area contributed by atoms with E-state index in [1.54, 1.807) is 6.20 Å². The van der Waals surface area contributed by atoms with Crippen LogP contribution in [-0.4, -0.2) is 10.1 Å². The summed E-state index contributed by atoms with van der Waals surface area (Å²) >= 11 is 6.16. The van der Waals surface area contributed by atoms with Crippen LogP contribution in [-0.2, 0) is 0 Å². The number of hydrogen-bond acceptors (Lipinski definition) is 3. The van der Waals surface area contributed by atoms with Gasteiger partial charge < -0.3 is 15.2 Å². The van der Waals surface area contributed by atoms with Crippen LogP contribution in [0.15, 0.2) is 35.1 Å². The van der Waals surface area contributed by atoms with Crippen LogP contribution in [0, 0.1) is 0 Å². The molecule has 80 valence electrons. The van der Waals surface area contributed by atoms with Gasteiger partial charge in [0.15, 0.2) is 0 Å². The van der Waals surface area contributed by atoms with E-state index in [2.05, 4.69) is 10.1 Å². The summed E-state index contributed by atoms with van der Waals surface area (Å²) in [7, 11) is 0. The lowest BCUT2D eigenvalue weighted by Gasteiger charge is -2.01. The van der Waals surface area contributed by atoms with Crippen LogP contribution in [0.25, 0.3) is 22.0 Å². The SMILES string of the molecule is Nc1oncc1-c1cc(Cl)c2cc[nH]c2c1. The molecule has 5 heteroatoms. The third kappa shape index (κ3) is 1.27. The number of H-pyrrole nitrogens is 1. The van der Waals surface area contributed by atoms with Crippen molar-refractivity contribution in [2.75, 3.05) is 5.73 Å². The van der Waals surface area contributed by atoms with Gasteiger partial charge in [-0.3, -0.25) is 0 Å². The molecule has 3 rings (SSSR count). The predicted molar refractivity (Wildman–Crippen MR) is 63.2 cm³/mol. The third-order valence-corrected chi connectivity index (χ3v) is 2.84. The number of nitrogen functional groups attached to an aromatic ring is 1. The molecular formula is C11H8ClN3O. The summed E-state index contributed by atoms with van der Waals surface area (Å²) in [5.41, 5.74) is 8.26. The largest absolute Gasteiger partial charge is 0.367 e. The number of benzene rings is 1. The Labute approximate surface area is 96.0 Å². The van der Waals surface area contributed by atoms with Crippen LogP contribution in [0.3, 0.4) is 0 Å². The maximum absolute atomic E-state index is 6.16. The van der Waals surface area contributed by atoms with Crippen molar-refractivity contribution in [2.45, 2.75) is 0 Å². The lowest BCUT2D eigenvalue weighted by Crippen LogP contribution is -1.85. The summed E-state index contributed by atoms with van der Waals surface area (Å²) in [5.74, 6) is 0.293. The highest BCUT2D eigenvalue weighted by Crippen LogP contribution is 2.32. The first-order chi connectivity index (χ1) is 7.75. The van der Waals surface area contributed by atoms with E-state index >= 15 is 0 Å². The zero-order chi connectivity index (χ0) is 11.1. The Morgan fingerprint density at radius 3 is 3.00 bits per heavy atom. The molecule has 3 aromatic rings. The van der Waals surface area contributed by atoms with Crippen molar-refractivity contribution in [3.05, 3.63) is 35.6 Å². The molecule has 0 saturated heterocycles. The molecule has 0 unspecified atom stereocenters. The van der Waals surface area contributed by atoms with E-state index in [1.807, 2.05) is 24.4 Å². The topological polar surface area (TPSA) is 67.8 Å². The Morgan fingerprint density at radius 1 is 1.38 bits per heavy atom. The Morgan fingerprint density at radius 2 is 2.25 bits per heavy atom. The maximum atomic E-state index is 6.16. The molecule has 3 N–H and O–H groups in total. The molecule has 0 spiro atoms. The minimum absolute atomic E-state index is 0.293. The van der Waals surface area contributed by atoms with E-state index < -0.39 is 0 Å². The average Bonchev–Trinajstić information content (AvgIpc) is 2.85. The summed E-state index contributed by atoms with van der Waals surface area (Å²) in [6.45, 7) is 0. The quantitative estimate of drug-likeness (QED) is 0.679. The van der Waals surface area contributed by atoms with Crippen molar-refractivity contribution in [3.63, 3.8) is 0 Å². The molecule has 2 heterocycles. The standard InChI is InChI=1S/C11H8ClN3O/c12-9-3-6(8-5-15-16-11(8)13)4-10-7(9)1-2-14-10/h1-5,14H,13H2. The molecule has 0 bridgehead atoms. The van der Waals surface area contributed by atoms with Gasteiger partial charge in [-0.1, -0.05) is 16.8 Å². The highest BCUT2D eigenvalue weighted by molar-refractivity contribution is 6.35. The minimum atomic E-state index is 0.293. The van der Waals surface area contributed by atoms with Crippen molar-refractivity contribution in [2.24, 2.45) is 0 Å². The second-order valence-electron chi connectivity index (χ2n) is 3.50. The molecule has 0 aliphatic carbocycles. The first kappa shape index (κ1) is 9.30. The molecule has 16 heavy (non-hydrogen) atoms. The second kappa shape index (κ2) is 3.28. The van der Waals surface area contributed by atoms with Crippen LogP contribution in [0.4, 0.5) is 5.88 Å². The number of hydrogen-bond donors (Lipinski definition) is 2. The van der Waals surface area contributed by atoms with Crippen molar-refractivity contribution in [1.29, 1.82) is 0 Å². The number of halogens is 1. The van der Waals surface area contributed by atoms with E-state index in [-0.39, 0.29) is 0 Å². The van der Waals surface area contributed by atoms with E-state index in [0.717, 1.165) is 22.0 Å². The van der Waals surface area contributed by atoms with Gasteiger partial charge in [-0.2, -0.15) is 0 Å². The van der Waals surface area contributed by atoms with E-state index in [1.165, 1.54) is 0 Å². The van der Waals surface area contributed by atoms with E-state index in [4.69, 9.17) is 21.9 Å². The highest BCUT2D eigenvalue weighted by atomic mass is 35.5. The normalized spacial score (nSPS) is 11.1. The summed E-state index contributed by atoms with van der Waals surface area (Å²) in [6.07, 6.45) is 3.42. The average molecular weight is 234 g/mol. The first-order valence-corrected chi connectivity index (χ1v) is 5.10. The van der Waals surface area contributed by atoms with Gasteiger partial charge in [-0.15, -0.1) is 0 Å². The summed E-state index contributed by atoms with van der Waals surface area (Å²) in [5, 5.41) is 5.30. The van der Waals surface area contributed by atoms with Crippen molar-refractivity contribution < 1.29 is 4.52 Å². The smallest absolute Gasteiger partial charge is 0.229 e. The third-order valence-electron chi connectivity index (χ3n) is 2.53. The molecular weight excluding hydrogens is 226 g/mol. The lowest BCUT2D eigenvalue weighted by atomic mass is 10.1. The molecule has 0 saturated carbocycles. The monoisotopic (exact) mass is 233 g/mol. The van der Waals surface area contributed by atoms with Gasteiger partial charge in [-0.05, 0) is 23.8 Å². The molecule has 0 amide bonds. The van der Waals surface area contributed by atoms with E-state index in [9.17, 15) is 0 Å². The maximum Gasteiger partial charge on any atom is 0.229 e.